The molecule has 10 nitrogen and oxygen atoms in total. The van der Waals surface area contributed by atoms with Gasteiger partial charge in [0.25, 0.3) is 0 Å². The van der Waals surface area contributed by atoms with Crippen molar-refractivity contribution in [3.8, 4) is 11.5 Å². The van der Waals surface area contributed by atoms with Gasteiger partial charge in [-0.15, -0.1) is 0 Å². The number of phenolic OH excluding ortho intramolecular Hbond substituents is 1. The average molecular weight is 618 g/mol. The maximum Gasteiger partial charge on any atom is 0.407 e. The number of phenols is 1. The van der Waals surface area contributed by atoms with Gasteiger partial charge in [0.1, 0.15) is 17.1 Å². The minimum Gasteiger partial charge on any atom is -0.508 e. The number of nitrogens with one attached hydrogen (secondary N) is 2. The lowest BCUT2D eigenvalue weighted by Crippen LogP contribution is -2.37. The highest BCUT2D eigenvalue weighted by atomic mass is 16.6. The SMILES string of the molecule is CC.CC(C)(C)OC(=O)NCC(C(=O)Nc1ccc2cnccc2c1)c1ccc(OCC(=O)O)cc1.Cc1ccc(O)c(C)c1. The first-order chi connectivity index (χ1) is 21.3. The van der Waals surface area contributed by atoms with E-state index in [0.29, 0.717) is 22.7 Å². The molecule has 4 N–H and O–H groups in total. The number of alkyl carbamates (subject to hydrolysis) is 1. The number of benzene rings is 3. The van der Waals surface area contributed by atoms with Gasteiger partial charge in [-0.3, -0.25) is 9.78 Å². The third kappa shape index (κ3) is 12.6. The van der Waals surface area contributed by atoms with Crippen LogP contribution in [-0.2, 0) is 14.3 Å². The summed E-state index contributed by atoms with van der Waals surface area (Å²) in [6.45, 7) is 12.7. The maximum absolute atomic E-state index is 13.2. The number of aryl methyl sites for hydroxylation is 2. The number of pyridine rings is 1. The Morgan fingerprint density at radius 3 is 2.20 bits per heavy atom. The number of hydrogen-bond acceptors (Lipinski definition) is 7. The molecule has 0 aliphatic rings. The quantitative estimate of drug-likeness (QED) is 0.166. The van der Waals surface area contributed by atoms with Crippen LogP contribution < -0.4 is 15.4 Å². The van der Waals surface area contributed by atoms with Gasteiger partial charge in [-0.25, -0.2) is 9.59 Å². The molecule has 4 aromatic rings. The number of ether oxygens (including phenoxy) is 2. The molecular weight excluding hydrogens is 574 g/mol. The molecule has 0 aliphatic carbocycles. The highest BCUT2D eigenvalue weighted by Gasteiger charge is 2.24. The number of carbonyl (C=O) groups excluding carboxylic acids is 2. The summed E-state index contributed by atoms with van der Waals surface area (Å²) in [7, 11) is 0. The summed E-state index contributed by atoms with van der Waals surface area (Å²) in [4.78, 5) is 40.2. The molecule has 0 fully saturated rings. The molecular formula is C35H43N3O7. The molecule has 2 amide bonds. The molecule has 0 saturated carbocycles. The Balaban J connectivity index is 0.000000544. The first-order valence-corrected chi connectivity index (χ1v) is 14.6. The van der Waals surface area contributed by atoms with Crippen LogP contribution in [0, 0.1) is 13.8 Å². The van der Waals surface area contributed by atoms with Crippen LogP contribution in [0.4, 0.5) is 10.5 Å². The van der Waals surface area contributed by atoms with E-state index in [9.17, 15) is 14.4 Å². The largest absolute Gasteiger partial charge is 0.508 e. The van der Waals surface area contributed by atoms with Crippen LogP contribution in [0.25, 0.3) is 10.8 Å². The monoisotopic (exact) mass is 617 g/mol. The number of anilines is 1. The lowest BCUT2D eigenvalue weighted by molar-refractivity contribution is -0.139. The first kappa shape index (κ1) is 36.1. The van der Waals surface area contributed by atoms with Gasteiger partial charge < -0.3 is 30.3 Å². The number of carbonyl (C=O) groups is 3. The molecule has 1 heterocycles. The summed E-state index contributed by atoms with van der Waals surface area (Å²) in [6, 6.07) is 19.4. The molecule has 1 aromatic heterocycles. The van der Waals surface area contributed by atoms with Gasteiger partial charge in [-0.1, -0.05) is 49.7 Å². The lowest BCUT2D eigenvalue weighted by Gasteiger charge is -2.22. The minimum absolute atomic E-state index is 0.00637. The summed E-state index contributed by atoms with van der Waals surface area (Å²) in [5.74, 6) is -1.43. The molecule has 1 unspecified atom stereocenters. The van der Waals surface area contributed by atoms with Crippen molar-refractivity contribution in [3.63, 3.8) is 0 Å². The average Bonchev–Trinajstić information content (AvgIpc) is 2.99. The van der Waals surface area contributed by atoms with Crippen LogP contribution in [0.3, 0.4) is 0 Å². The molecule has 0 aliphatic heterocycles. The molecule has 0 spiro atoms. The molecule has 240 valence electrons. The van der Waals surface area contributed by atoms with E-state index in [-0.39, 0.29) is 12.5 Å². The summed E-state index contributed by atoms with van der Waals surface area (Å²) in [5.41, 5.74) is 2.67. The van der Waals surface area contributed by atoms with Crippen molar-refractivity contribution in [3.05, 3.63) is 95.8 Å². The standard InChI is InChI=1S/C25H27N3O6.C8H10O.C2H6/c1-25(2,3)34-24(32)27-14-21(16-5-8-20(9-6-16)33-15-22(29)30)23(31)28-19-7-4-18-13-26-11-10-17(18)12-19;1-6-3-4-8(9)7(2)5-6;1-2/h4-13,21H,14-15H2,1-3H3,(H,27,32)(H,28,31)(H,29,30);3-5,9H,1-2H3;1-2H3. The molecule has 0 saturated heterocycles. The highest BCUT2D eigenvalue weighted by Crippen LogP contribution is 2.24. The number of carboxylic acid groups (broad SMARTS) is 1. The Morgan fingerprint density at radius 1 is 0.911 bits per heavy atom. The zero-order chi connectivity index (χ0) is 33.6. The Labute approximate surface area is 264 Å². The molecule has 1 atom stereocenters. The summed E-state index contributed by atoms with van der Waals surface area (Å²) >= 11 is 0. The third-order valence-electron chi connectivity index (χ3n) is 6.07. The Kier molecular flexibility index (Phi) is 13.8. The van der Waals surface area contributed by atoms with Gasteiger partial charge in [-0.2, -0.15) is 0 Å². The number of aliphatic carboxylic acids is 1. The number of fused-ring (bicyclic) bond motifs is 1. The predicted molar refractivity (Wildman–Crippen MR) is 176 cm³/mol. The normalized spacial score (nSPS) is 11.1. The fourth-order valence-electron chi connectivity index (χ4n) is 4.00. The minimum atomic E-state index is -1.09. The zero-order valence-corrected chi connectivity index (χ0v) is 26.9. The van der Waals surface area contributed by atoms with Gasteiger partial charge in [0.15, 0.2) is 6.61 Å². The summed E-state index contributed by atoms with van der Waals surface area (Å²) in [6.07, 6.45) is 2.78. The van der Waals surface area contributed by atoms with Crippen LogP contribution in [0.5, 0.6) is 11.5 Å². The second kappa shape index (κ2) is 17.2. The Bertz CT molecular complexity index is 1560. The topological polar surface area (TPSA) is 147 Å². The second-order valence-corrected chi connectivity index (χ2v) is 10.9. The van der Waals surface area contributed by atoms with E-state index < -0.39 is 30.2 Å². The van der Waals surface area contributed by atoms with Gasteiger partial charge in [0.05, 0.1) is 5.92 Å². The Hall–Kier alpha value is -5.12. The maximum atomic E-state index is 13.2. The fourth-order valence-corrected chi connectivity index (χ4v) is 4.00. The van der Waals surface area contributed by atoms with Gasteiger partial charge in [0.2, 0.25) is 5.91 Å². The molecule has 3 aromatic carbocycles. The highest BCUT2D eigenvalue weighted by molar-refractivity contribution is 5.98. The van der Waals surface area contributed by atoms with Crippen LogP contribution in [0.1, 0.15) is 57.2 Å². The lowest BCUT2D eigenvalue weighted by atomic mass is 9.97. The smallest absolute Gasteiger partial charge is 0.407 e. The van der Waals surface area contributed by atoms with Crippen molar-refractivity contribution in [2.45, 2.75) is 60.0 Å². The van der Waals surface area contributed by atoms with Crippen molar-refractivity contribution in [2.24, 2.45) is 0 Å². The summed E-state index contributed by atoms with van der Waals surface area (Å²) < 4.78 is 10.4. The van der Waals surface area contributed by atoms with Crippen molar-refractivity contribution in [1.82, 2.24) is 10.3 Å². The zero-order valence-electron chi connectivity index (χ0n) is 26.9. The van der Waals surface area contributed by atoms with E-state index in [1.54, 1.807) is 69.6 Å². The van der Waals surface area contributed by atoms with Crippen molar-refractivity contribution < 1.29 is 34.1 Å². The van der Waals surface area contributed by atoms with Gasteiger partial charge in [0, 0.05) is 30.0 Å². The van der Waals surface area contributed by atoms with E-state index in [1.165, 1.54) is 5.56 Å². The van der Waals surface area contributed by atoms with Gasteiger partial charge in [-0.05, 0) is 87.5 Å². The van der Waals surface area contributed by atoms with E-state index in [1.807, 2.05) is 58.0 Å². The van der Waals surface area contributed by atoms with Crippen LogP contribution in [-0.4, -0.2) is 51.9 Å². The summed E-state index contributed by atoms with van der Waals surface area (Å²) in [5, 5.41) is 25.2. The van der Waals surface area contributed by atoms with E-state index in [2.05, 4.69) is 15.6 Å². The van der Waals surface area contributed by atoms with Crippen LogP contribution in [0.15, 0.2) is 79.1 Å². The third-order valence-corrected chi connectivity index (χ3v) is 6.07. The predicted octanol–water partition coefficient (Wildman–Crippen LogP) is 6.98. The van der Waals surface area contributed by atoms with Crippen LogP contribution >= 0.6 is 0 Å². The number of amides is 2. The molecule has 0 bridgehead atoms. The number of aromatic hydroxyl groups is 1. The van der Waals surface area contributed by atoms with Gasteiger partial charge >= 0.3 is 12.1 Å². The number of hydrogen-bond donors (Lipinski definition) is 4. The van der Waals surface area contributed by atoms with Crippen molar-refractivity contribution in [1.29, 1.82) is 0 Å². The number of carboxylic acids is 1. The van der Waals surface area contributed by atoms with Crippen molar-refractivity contribution >= 4 is 34.4 Å². The van der Waals surface area contributed by atoms with E-state index in [0.717, 1.165) is 16.3 Å². The van der Waals surface area contributed by atoms with E-state index in [4.69, 9.17) is 19.7 Å². The first-order valence-electron chi connectivity index (χ1n) is 14.6. The molecule has 10 heteroatoms. The molecule has 4 rings (SSSR count). The number of aromatic nitrogens is 1. The van der Waals surface area contributed by atoms with Crippen molar-refractivity contribution in [2.75, 3.05) is 18.5 Å². The Morgan fingerprint density at radius 2 is 1.60 bits per heavy atom. The number of nitrogens with zero attached hydrogens (tertiary/aromatic N) is 1. The second-order valence-electron chi connectivity index (χ2n) is 10.9. The molecule has 0 radical (unpaired) electrons. The fraction of sp³-hybridized carbons (Fsp3) is 0.314. The van der Waals surface area contributed by atoms with Crippen LogP contribution in [0.2, 0.25) is 0 Å². The number of rotatable bonds is 8. The molecule has 45 heavy (non-hydrogen) atoms. The van der Waals surface area contributed by atoms with E-state index >= 15 is 0 Å².